The smallest absolute Gasteiger partial charge is 0.127 e. The van der Waals surface area contributed by atoms with E-state index in [2.05, 4.69) is 32.9 Å². The molecule has 0 spiro atoms. The van der Waals surface area contributed by atoms with E-state index in [1.165, 1.54) is 12.8 Å². The van der Waals surface area contributed by atoms with Crippen molar-refractivity contribution in [1.82, 2.24) is 0 Å². The summed E-state index contributed by atoms with van der Waals surface area (Å²) in [5.74, 6) is 1.34. The van der Waals surface area contributed by atoms with E-state index < -0.39 is 5.60 Å². The fourth-order valence-corrected chi connectivity index (χ4v) is 4.28. The summed E-state index contributed by atoms with van der Waals surface area (Å²) in [5.41, 5.74) is 0.812. The number of ether oxygens (including phenoxy) is 1. The zero-order valence-corrected chi connectivity index (χ0v) is 15.3. The topological polar surface area (TPSA) is 49.7 Å². The van der Waals surface area contributed by atoms with Crippen molar-refractivity contribution in [2.75, 3.05) is 0 Å². The lowest BCUT2D eigenvalue weighted by Gasteiger charge is -2.48. The van der Waals surface area contributed by atoms with Crippen LogP contribution in [0.3, 0.4) is 0 Å². The van der Waals surface area contributed by atoms with Gasteiger partial charge in [0.2, 0.25) is 0 Å². The first-order valence-corrected chi connectivity index (χ1v) is 9.20. The molecule has 2 N–H and O–H groups in total. The largest absolute Gasteiger partial charge is 0.508 e. The Morgan fingerprint density at radius 3 is 2.67 bits per heavy atom. The highest BCUT2D eigenvalue weighted by Gasteiger charge is 2.47. The summed E-state index contributed by atoms with van der Waals surface area (Å²) in [6, 6.07) is 3.98. The minimum Gasteiger partial charge on any atom is -0.508 e. The lowest BCUT2D eigenvalue weighted by molar-refractivity contribution is -0.00113. The van der Waals surface area contributed by atoms with Gasteiger partial charge in [0.25, 0.3) is 0 Å². The Bertz CT molecular complexity index is 643. The average molecular weight is 330 g/mol. The molecule has 0 radical (unpaired) electrons. The summed E-state index contributed by atoms with van der Waals surface area (Å²) in [6.07, 6.45) is 9.02. The van der Waals surface area contributed by atoms with E-state index in [0.717, 1.165) is 29.7 Å². The first-order valence-electron chi connectivity index (χ1n) is 9.20. The summed E-state index contributed by atoms with van der Waals surface area (Å²) < 4.78 is 6.29. The van der Waals surface area contributed by atoms with Gasteiger partial charge in [0, 0.05) is 17.4 Å². The Kier molecular flexibility index (Phi) is 4.41. The van der Waals surface area contributed by atoms with Crippen LogP contribution in [0.4, 0.5) is 0 Å². The van der Waals surface area contributed by atoms with Gasteiger partial charge in [-0.15, -0.1) is 0 Å². The van der Waals surface area contributed by atoms with E-state index in [1.807, 2.05) is 19.1 Å². The first kappa shape index (κ1) is 17.3. The predicted molar refractivity (Wildman–Crippen MR) is 96.7 cm³/mol. The molecule has 2 aliphatic rings. The second-order valence-corrected chi connectivity index (χ2v) is 8.24. The average Bonchev–Trinajstić information content (AvgIpc) is 2.44. The Morgan fingerprint density at radius 2 is 1.96 bits per heavy atom. The number of phenols is 1. The van der Waals surface area contributed by atoms with Gasteiger partial charge in [-0.3, -0.25) is 0 Å². The number of aryl methyl sites for hydroxylation is 1. The number of aromatic hydroxyl groups is 1. The van der Waals surface area contributed by atoms with E-state index in [0.29, 0.717) is 12.2 Å². The molecule has 0 amide bonds. The van der Waals surface area contributed by atoms with Crippen LogP contribution >= 0.6 is 0 Å². The SMILES string of the molecule is CCCCCc1cc(O)c2c(c1)OC(C)(C)C1C=CC(C)(O)CC21. The fraction of sp³-hybridized carbons (Fsp3) is 0.619. The number of fused-ring (bicyclic) bond motifs is 3. The molecule has 1 aromatic rings. The van der Waals surface area contributed by atoms with Gasteiger partial charge in [-0.25, -0.2) is 0 Å². The summed E-state index contributed by atoms with van der Waals surface area (Å²) in [5, 5.41) is 21.2. The highest BCUT2D eigenvalue weighted by atomic mass is 16.5. The monoisotopic (exact) mass is 330 g/mol. The van der Waals surface area contributed by atoms with Crippen molar-refractivity contribution in [3.63, 3.8) is 0 Å². The number of hydrogen-bond donors (Lipinski definition) is 2. The quantitative estimate of drug-likeness (QED) is 0.621. The van der Waals surface area contributed by atoms with Gasteiger partial charge < -0.3 is 14.9 Å². The Morgan fingerprint density at radius 1 is 1.21 bits per heavy atom. The molecule has 0 fully saturated rings. The van der Waals surface area contributed by atoms with Crippen LogP contribution in [0.2, 0.25) is 0 Å². The van der Waals surface area contributed by atoms with Gasteiger partial charge in [0.1, 0.15) is 17.1 Å². The molecule has 0 aromatic heterocycles. The molecule has 0 saturated carbocycles. The van der Waals surface area contributed by atoms with Crippen molar-refractivity contribution in [1.29, 1.82) is 0 Å². The highest BCUT2D eigenvalue weighted by molar-refractivity contribution is 5.53. The van der Waals surface area contributed by atoms with Crippen LogP contribution in [0.15, 0.2) is 24.3 Å². The normalized spacial score (nSPS) is 30.4. The highest BCUT2D eigenvalue weighted by Crippen LogP contribution is 2.54. The zero-order chi connectivity index (χ0) is 17.5. The van der Waals surface area contributed by atoms with E-state index in [-0.39, 0.29) is 17.4 Å². The molecule has 3 nitrogen and oxygen atoms in total. The van der Waals surface area contributed by atoms with Crippen molar-refractivity contribution in [2.45, 2.75) is 76.9 Å². The van der Waals surface area contributed by atoms with Gasteiger partial charge in [0.05, 0.1) is 5.60 Å². The number of hydrogen-bond acceptors (Lipinski definition) is 3. The maximum atomic E-state index is 10.7. The Labute approximate surface area is 145 Å². The maximum absolute atomic E-state index is 10.7. The van der Waals surface area contributed by atoms with Crippen LogP contribution in [-0.4, -0.2) is 21.4 Å². The summed E-state index contributed by atoms with van der Waals surface area (Å²) in [4.78, 5) is 0. The van der Waals surface area contributed by atoms with E-state index >= 15 is 0 Å². The maximum Gasteiger partial charge on any atom is 0.127 e. The standard InChI is InChI=1S/C21H30O3/c1-5-6-7-8-14-11-17(22)19-15-13-21(4,23)10-9-16(15)20(2,3)24-18(19)12-14/h9-12,15-16,22-23H,5-8,13H2,1-4H3. The molecule has 3 unspecified atom stereocenters. The molecule has 1 aromatic carbocycles. The molecule has 24 heavy (non-hydrogen) atoms. The van der Waals surface area contributed by atoms with Crippen LogP contribution in [0, 0.1) is 5.92 Å². The molecule has 132 valence electrons. The predicted octanol–water partition coefficient (Wildman–Crippen LogP) is 4.71. The Balaban J connectivity index is 1.99. The number of benzene rings is 1. The minimum atomic E-state index is -0.835. The summed E-state index contributed by atoms with van der Waals surface area (Å²) >= 11 is 0. The lowest BCUT2D eigenvalue weighted by atomic mass is 9.66. The zero-order valence-electron chi connectivity index (χ0n) is 15.3. The van der Waals surface area contributed by atoms with Crippen LogP contribution in [0.1, 0.15) is 70.4 Å². The second kappa shape index (κ2) is 6.11. The van der Waals surface area contributed by atoms with E-state index in [9.17, 15) is 10.2 Å². The van der Waals surface area contributed by atoms with Gasteiger partial charge in [-0.2, -0.15) is 0 Å². The van der Waals surface area contributed by atoms with E-state index in [1.54, 1.807) is 0 Å². The number of aliphatic hydroxyl groups is 1. The molecule has 1 aliphatic heterocycles. The molecule has 3 rings (SSSR count). The molecule has 3 heteroatoms. The molecule has 1 heterocycles. The van der Waals surface area contributed by atoms with Crippen molar-refractivity contribution < 1.29 is 14.9 Å². The van der Waals surface area contributed by atoms with Gasteiger partial charge in [-0.1, -0.05) is 31.9 Å². The van der Waals surface area contributed by atoms with Crippen LogP contribution in [-0.2, 0) is 6.42 Å². The van der Waals surface area contributed by atoms with Gasteiger partial charge in [-0.05, 0) is 57.7 Å². The minimum absolute atomic E-state index is 0.0773. The van der Waals surface area contributed by atoms with Gasteiger partial charge in [0.15, 0.2) is 0 Å². The number of rotatable bonds is 4. The molecule has 3 atom stereocenters. The van der Waals surface area contributed by atoms with Crippen LogP contribution < -0.4 is 4.74 Å². The summed E-state index contributed by atoms with van der Waals surface area (Å²) in [7, 11) is 0. The molecule has 0 bridgehead atoms. The third kappa shape index (κ3) is 3.19. The fourth-order valence-electron chi connectivity index (χ4n) is 4.28. The molecule has 0 saturated heterocycles. The third-order valence-electron chi connectivity index (χ3n) is 5.52. The number of phenolic OH excluding ortho intramolecular Hbond substituents is 1. The molecular formula is C21H30O3. The van der Waals surface area contributed by atoms with Crippen molar-refractivity contribution in [2.24, 2.45) is 5.92 Å². The van der Waals surface area contributed by atoms with Crippen molar-refractivity contribution in [3.05, 3.63) is 35.4 Å². The lowest BCUT2D eigenvalue weighted by Crippen LogP contribution is -2.47. The van der Waals surface area contributed by atoms with E-state index in [4.69, 9.17) is 4.74 Å². The molecular weight excluding hydrogens is 300 g/mol. The Hall–Kier alpha value is -1.48. The van der Waals surface area contributed by atoms with Crippen molar-refractivity contribution in [3.8, 4) is 11.5 Å². The van der Waals surface area contributed by atoms with Crippen LogP contribution in [0.25, 0.3) is 0 Å². The van der Waals surface area contributed by atoms with Gasteiger partial charge >= 0.3 is 0 Å². The van der Waals surface area contributed by atoms with Crippen LogP contribution in [0.5, 0.6) is 11.5 Å². The third-order valence-corrected chi connectivity index (χ3v) is 5.52. The number of unbranched alkanes of at least 4 members (excludes halogenated alkanes) is 2. The van der Waals surface area contributed by atoms with Crippen molar-refractivity contribution >= 4 is 0 Å². The first-order chi connectivity index (χ1) is 11.2. The molecule has 1 aliphatic carbocycles. The summed E-state index contributed by atoms with van der Waals surface area (Å²) in [6.45, 7) is 8.22. The second-order valence-electron chi connectivity index (χ2n) is 8.24.